The average Bonchev–Trinajstić information content (AvgIpc) is 2.30. The van der Waals surface area contributed by atoms with E-state index in [1.807, 2.05) is 26.0 Å². The van der Waals surface area contributed by atoms with Gasteiger partial charge in [0.05, 0.1) is 6.10 Å². The van der Waals surface area contributed by atoms with Crippen LogP contribution in [0, 0.1) is 13.8 Å². The van der Waals surface area contributed by atoms with Crippen LogP contribution in [0.4, 0.5) is 10.5 Å². The first-order valence-corrected chi connectivity index (χ1v) is 6.87. The number of carbonyl (C=O) groups is 1. The van der Waals surface area contributed by atoms with Gasteiger partial charge in [-0.3, -0.25) is 0 Å². The minimum Gasteiger partial charge on any atom is -0.393 e. The molecule has 1 aromatic carbocycles. The maximum Gasteiger partial charge on any atom is 0.319 e. The Hall–Kier alpha value is -1.55. The molecule has 1 fully saturated rings. The Morgan fingerprint density at radius 1 is 1.11 bits per heavy atom. The number of urea groups is 1. The molecule has 3 N–H and O–H groups in total. The van der Waals surface area contributed by atoms with Gasteiger partial charge >= 0.3 is 6.03 Å². The SMILES string of the molecule is Cc1cc(C)cc(NC(=O)NC2CCC(O)CC2)c1. The minimum atomic E-state index is -0.194. The van der Waals surface area contributed by atoms with Crippen LogP contribution in [0.1, 0.15) is 36.8 Å². The van der Waals surface area contributed by atoms with Crippen molar-refractivity contribution in [1.29, 1.82) is 0 Å². The van der Waals surface area contributed by atoms with Crippen LogP contribution in [-0.2, 0) is 0 Å². The third kappa shape index (κ3) is 4.24. The van der Waals surface area contributed by atoms with Crippen molar-refractivity contribution in [1.82, 2.24) is 5.32 Å². The first kappa shape index (κ1) is 13.9. The van der Waals surface area contributed by atoms with Gasteiger partial charge in [0, 0.05) is 11.7 Å². The van der Waals surface area contributed by atoms with E-state index in [1.54, 1.807) is 0 Å². The van der Waals surface area contributed by atoms with Crippen LogP contribution in [0.25, 0.3) is 0 Å². The molecule has 0 bridgehead atoms. The number of nitrogens with one attached hydrogen (secondary N) is 2. The summed E-state index contributed by atoms with van der Waals surface area (Å²) < 4.78 is 0. The summed E-state index contributed by atoms with van der Waals surface area (Å²) >= 11 is 0. The van der Waals surface area contributed by atoms with E-state index < -0.39 is 0 Å². The second-order valence-corrected chi connectivity index (χ2v) is 5.48. The molecule has 1 aromatic rings. The average molecular weight is 262 g/mol. The van der Waals surface area contributed by atoms with E-state index in [4.69, 9.17) is 0 Å². The van der Waals surface area contributed by atoms with Crippen LogP contribution in [0.15, 0.2) is 18.2 Å². The first-order chi connectivity index (χ1) is 9.02. The highest BCUT2D eigenvalue weighted by molar-refractivity contribution is 5.89. The number of aliphatic hydroxyl groups is 1. The molecule has 19 heavy (non-hydrogen) atoms. The van der Waals surface area contributed by atoms with Crippen molar-refractivity contribution in [2.75, 3.05) is 5.32 Å². The number of anilines is 1. The van der Waals surface area contributed by atoms with E-state index in [0.29, 0.717) is 0 Å². The summed E-state index contributed by atoms with van der Waals surface area (Å²) in [7, 11) is 0. The maximum atomic E-state index is 11.9. The van der Waals surface area contributed by atoms with Gasteiger partial charge in [-0.05, 0) is 62.8 Å². The van der Waals surface area contributed by atoms with E-state index in [1.165, 1.54) is 0 Å². The van der Waals surface area contributed by atoms with Crippen molar-refractivity contribution in [2.45, 2.75) is 51.7 Å². The molecule has 2 amide bonds. The Kier molecular flexibility index (Phi) is 4.43. The van der Waals surface area contributed by atoms with Gasteiger partial charge in [0.1, 0.15) is 0 Å². The van der Waals surface area contributed by atoms with Crippen molar-refractivity contribution in [3.8, 4) is 0 Å². The van der Waals surface area contributed by atoms with E-state index in [0.717, 1.165) is 42.5 Å². The van der Waals surface area contributed by atoms with Gasteiger partial charge < -0.3 is 15.7 Å². The lowest BCUT2D eigenvalue weighted by molar-refractivity contribution is 0.118. The molecule has 0 spiro atoms. The van der Waals surface area contributed by atoms with Crippen LogP contribution in [0.3, 0.4) is 0 Å². The number of rotatable bonds is 2. The Morgan fingerprint density at radius 3 is 2.26 bits per heavy atom. The Balaban J connectivity index is 1.87. The van der Waals surface area contributed by atoms with Crippen molar-refractivity contribution in [2.24, 2.45) is 0 Å². The number of carbonyl (C=O) groups excluding carboxylic acids is 1. The largest absolute Gasteiger partial charge is 0.393 e. The number of aliphatic hydroxyl groups excluding tert-OH is 1. The third-order valence-electron chi connectivity index (χ3n) is 3.51. The van der Waals surface area contributed by atoms with Gasteiger partial charge in [-0.1, -0.05) is 6.07 Å². The van der Waals surface area contributed by atoms with E-state index in [2.05, 4.69) is 16.7 Å². The zero-order valence-corrected chi connectivity index (χ0v) is 11.6. The molecule has 1 saturated carbocycles. The highest BCUT2D eigenvalue weighted by Crippen LogP contribution is 2.19. The fourth-order valence-electron chi connectivity index (χ4n) is 2.62. The van der Waals surface area contributed by atoms with Gasteiger partial charge in [-0.15, -0.1) is 0 Å². The number of hydrogen-bond acceptors (Lipinski definition) is 2. The molecule has 1 aliphatic carbocycles. The fraction of sp³-hybridized carbons (Fsp3) is 0.533. The number of aryl methyl sites for hydroxylation is 2. The summed E-state index contributed by atoms with van der Waals surface area (Å²) in [5, 5.41) is 15.3. The lowest BCUT2D eigenvalue weighted by Gasteiger charge is -2.26. The number of benzene rings is 1. The first-order valence-electron chi connectivity index (χ1n) is 6.87. The van der Waals surface area contributed by atoms with E-state index in [-0.39, 0.29) is 18.2 Å². The second kappa shape index (κ2) is 6.06. The van der Waals surface area contributed by atoms with Crippen molar-refractivity contribution in [3.63, 3.8) is 0 Å². The van der Waals surface area contributed by atoms with Crippen LogP contribution in [-0.4, -0.2) is 23.3 Å². The standard InChI is InChI=1S/C15H22N2O2/c1-10-7-11(2)9-13(8-10)17-15(19)16-12-3-5-14(18)6-4-12/h7-9,12,14,18H,3-6H2,1-2H3,(H2,16,17,19). The molecule has 2 rings (SSSR count). The van der Waals surface area contributed by atoms with Gasteiger partial charge in [0.15, 0.2) is 0 Å². The highest BCUT2D eigenvalue weighted by atomic mass is 16.3. The molecular weight excluding hydrogens is 240 g/mol. The fourth-order valence-corrected chi connectivity index (χ4v) is 2.62. The van der Waals surface area contributed by atoms with Gasteiger partial charge in [0.2, 0.25) is 0 Å². The summed E-state index contributed by atoms with van der Waals surface area (Å²) in [5.41, 5.74) is 3.10. The predicted octanol–water partition coefficient (Wildman–Crippen LogP) is 2.73. The maximum absolute atomic E-state index is 11.9. The van der Waals surface area contributed by atoms with Gasteiger partial charge in [-0.2, -0.15) is 0 Å². The Bertz CT molecular complexity index is 431. The molecule has 0 radical (unpaired) electrons. The zero-order chi connectivity index (χ0) is 13.8. The van der Waals surface area contributed by atoms with Crippen molar-refractivity contribution < 1.29 is 9.90 Å². The summed E-state index contributed by atoms with van der Waals surface area (Å²) in [5.74, 6) is 0. The monoisotopic (exact) mass is 262 g/mol. The molecule has 0 unspecified atom stereocenters. The normalized spacial score (nSPS) is 22.9. The summed E-state index contributed by atoms with van der Waals surface area (Å²) in [4.78, 5) is 11.9. The minimum absolute atomic E-state index is 0.161. The molecule has 4 heteroatoms. The quantitative estimate of drug-likeness (QED) is 0.767. The summed E-state index contributed by atoms with van der Waals surface area (Å²) in [6.45, 7) is 4.03. The van der Waals surface area contributed by atoms with Crippen LogP contribution < -0.4 is 10.6 Å². The van der Waals surface area contributed by atoms with Gasteiger partial charge in [0.25, 0.3) is 0 Å². The molecule has 0 aliphatic heterocycles. The van der Waals surface area contributed by atoms with Gasteiger partial charge in [-0.25, -0.2) is 4.79 Å². The lowest BCUT2D eigenvalue weighted by Crippen LogP contribution is -2.40. The van der Waals surface area contributed by atoms with Crippen molar-refractivity contribution >= 4 is 11.7 Å². The van der Waals surface area contributed by atoms with E-state index in [9.17, 15) is 9.90 Å². The molecule has 0 saturated heterocycles. The van der Waals surface area contributed by atoms with Crippen LogP contribution in [0.2, 0.25) is 0 Å². The highest BCUT2D eigenvalue weighted by Gasteiger charge is 2.20. The van der Waals surface area contributed by atoms with Crippen LogP contribution >= 0.6 is 0 Å². The molecule has 0 aromatic heterocycles. The Morgan fingerprint density at radius 2 is 1.68 bits per heavy atom. The number of amides is 2. The number of hydrogen-bond donors (Lipinski definition) is 3. The molecular formula is C15H22N2O2. The smallest absolute Gasteiger partial charge is 0.319 e. The van der Waals surface area contributed by atoms with E-state index >= 15 is 0 Å². The third-order valence-corrected chi connectivity index (χ3v) is 3.51. The Labute approximate surface area is 114 Å². The molecule has 1 aliphatic rings. The second-order valence-electron chi connectivity index (χ2n) is 5.48. The van der Waals surface area contributed by atoms with Crippen LogP contribution in [0.5, 0.6) is 0 Å². The molecule has 0 atom stereocenters. The topological polar surface area (TPSA) is 61.4 Å². The predicted molar refractivity (Wildman–Crippen MR) is 76.3 cm³/mol. The summed E-state index contributed by atoms with van der Waals surface area (Å²) in [6, 6.07) is 6.00. The molecule has 104 valence electrons. The van der Waals surface area contributed by atoms with Crippen molar-refractivity contribution in [3.05, 3.63) is 29.3 Å². The lowest BCUT2D eigenvalue weighted by atomic mass is 9.93. The molecule has 4 nitrogen and oxygen atoms in total. The molecule has 0 heterocycles. The summed E-state index contributed by atoms with van der Waals surface area (Å²) in [6.07, 6.45) is 3.05. The zero-order valence-electron chi connectivity index (χ0n) is 11.6.